The highest BCUT2D eigenvalue weighted by Crippen LogP contribution is 2.12. The maximum Gasteiger partial charge on any atom is 0.350 e. The fraction of sp³-hybridized carbons (Fsp3) is 0.167. The zero-order valence-corrected chi connectivity index (χ0v) is 9.84. The van der Waals surface area contributed by atoms with E-state index >= 15 is 0 Å². The molecule has 1 N–H and O–H groups in total. The third-order valence-corrected chi connectivity index (χ3v) is 2.48. The Morgan fingerprint density at radius 1 is 1.35 bits per heavy atom. The van der Waals surface area contributed by atoms with Crippen molar-refractivity contribution < 1.29 is 0 Å². The van der Waals surface area contributed by atoms with Crippen LogP contribution in [-0.4, -0.2) is 14.3 Å². The van der Waals surface area contributed by atoms with Crippen molar-refractivity contribution in [3.63, 3.8) is 0 Å². The minimum absolute atomic E-state index is 0.146. The predicted octanol–water partition coefficient (Wildman–Crippen LogP) is 1.43. The van der Waals surface area contributed by atoms with Crippen LogP contribution in [0.25, 0.3) is 5.69 Å². The number of anilines is 1. The molecular weight excluding hydrogens is 216 g/mol. The molecule has 0 saturated heterocycles. The lowest BCUT2D eigenvalue weighted by Gasteiger charge is -2.04. The van der Waals surface area contributed by atoms with Crippen LogP contribution in [0.1, 0.15) is 5.82 Å². The van der Waals surface area contributed by atoms with Crippen LogP contribution in [0, 0.1) is 6.92 Å². The van der Waals surface area contributed by atoms with Gasteiger partial charge >= 0.3 is 5.69 Å². The van der Waals surface area contributed by atoms with Gasteiger partial charge in [0, 0.05) is 12.7 Å². The van der Waals surface area contributed by atoms with Crippen molar-refractivity contribution in [1.82, 2.24) is 14.3 Å². The molecule has 88 valence electrons. The van der Waals surface area contributed by atoms with E-state index in [-0.39, 0.29) is 5.69 Å². The quantitative estimate of drug-likeness (QED) is 0.868. The fourth-order valence-corrected chi connectivity index (χ4v) is 1.71. The summed E-state index contributed by atoms with van der Waals surface area (Å²) in [6.07, 6.45) is 1.61. The van der Waals surface area contributed by atoms with Crippen molar-refractivity contribution in [2.75, 3.05) is 5.32 Å². The molecule has 0 aliphatic rings. The summed E-state index contributed by atoms with van der Waals surface area (Å²) >= 11 is 0. The van der Waals surface area contributed by atoms with Crippen molar-refractivity contribution in [1.29, 1.82) is 0 Å². The highest BCUT2D eigenvalue weighted by atomic mass is 16.2. The largest absolute Gasteiger partial charge is 0.362 e. The zero-order chi connectivity index (χ0) is 12.4. The maximum atomic E-state index is 11.8. The van der Waals surface area contributed by atoms with Crippen LogP contribution in [0.15, 0.2) is 41.8 Å². The van der Waals surface area contributed by atoms with Gasteiger partial charge in [-0.05, 0) is 37.4 Å². The van der Waals surface area contributed by atoms with Crippen LogP contribution in [0.3, 0.4) is 0 Å². The van der Waals surface area contributed by atoms with E-state index in [1.54, 1.807) is 24.7 Å². The number of hydrogen-bond donors (Lipinski definition) is 1. The van der Waals surface area contributed by atoms with Crippen molar-refractivity contribution >= 4 is 5.69 Å². The molecule has 1 aromatic carbocycles. The van der Waals surface area contributed by atoms with Crippen LogP contribution < -0.4 is 11.0 Å². The number of nitrogens with zero attached hydrogens (tertiary/aromatic N) is 3. The average molecular weight is 230 g/mol. The standard InChI is InChI=1S/C12H14N4O/c1-4-13-10-5-7-11(8-6-10)16-9(2)14-15(3)12(16)17/h4-8,13H,1H2,2-3H3. The molecule has 0 amide bonds. The zero-order valence-electron chi connectivity index (χ0n) is 9.84. The van der Waals surface area contributed by atoms with Gasteiger partial charge in [0.25, 0.3) is 0 Å². The lowest BCUT2D eigenvalue weighted by molar-refractivity contribution is 0.723. The van der Waals surface area contributed by atoms with Crippen molar-refractivity contribution in [2.45, 2.75) is 6.92 Å². The fourth-order valence-electron chi connectivity index (χ4n) is 1.71. The van der Waals surface area contributed by atoms with E-state index < -0.39 is 0 Å². The molecule has 17 heavy (non-hydrogen) atoms. The summed E-state index contributed by atoms with van der Waals surface area (Å²) in [5, 5.41) is 7.06. The second-order valence-electron chi connectivity index (χ2n) is 3.68. The molecule has 0 aliphatic carbocycles. The number of aromatic nitrogens is 3. The first kappa shape index (κ1) is 11.2. The smallest absolute Gasteiger partial charge is 0.350 e. The molecule has 1 heterocycles. The Morgan fingerprint density at radius 2 is 2.00 bits per heavy atom. The molecule has 1 aromatic heterocycles. The molecule has 0 spiro atoms. The molecule has 0 radical (unpaired) electrons. The molecule has 0 bridgehead atoms. The van der Waals surface area contributed by atoms with E-state index in [4.69, 9.17) is 0 Å². The predicted molar refractivity (Wildman–Crippen MR) is 67.4 cm³/mol. The van der Waals surface area contributed by atoms with Crippen LogP contribution in [-0.2, 0) is 7.05 Å². The molecule has 0 fully saturated rings. The van der Waals surface area contributed by atoms with E-state index in [1.807, 2.05) is 24.3 Å². The third-order valence-electron chi connectivity index (χ3n) is 2.48. The molecule has 5 heteroatoms. The van der Waals surface area contributed by atoms with E-state index in [9.17, 15) is 4.79 Å². The average Bonchev–Trinajstić information content (AvgIpc) is 2.55. The SMILES string of the molecule is C=CNc1ccc(-n2c(C)nn(C)c2=O)cc1. The summed E-state index contributed by atoms with van der Waals surface area (Å²) in [4.78, 5) is 11.8. The van der Waals surface area contributed by atoms with Gasteiger partial charge in [-0.15, -0.1) is 0 Å². The lowest BCUT2D eigenvalue weighted by Crippen LogP contribution is -2.21. The van der Waals surface area contributed by atoms with Gasteiger partial charge in [0.1, 0.15) is 5.82 Å². The molecule has 0 unspecified atom stereocenters. The summed E-state index contributed by atoms with van der Waals surface area (Å²) in [7, 11) is 1.64. The highest BCUT2D eigenvalue weighted by molar-refractivity contribution is 5.50. The van der Waals surface area contributed by atoms with Crippen LogP contribution in [0.4, 0.5) is 5.69 Å². The summed E-state index contributed by atoms with van der Waals surface area (Å²) in [6, 6.07) is 7.50. The normalized spacial score (nSPS) is 10.2. The van der Waals surface area contributed by atoms with Gasteiger partial charge < -0.3 is 5.32 Å². The number of nitrogens with one attached hydrogen (secondary N) is 1. The van der Waals surface area contributed by atoms with Gasteiger partial charge in [0.15, 0.2) is 0 Å². The maximum absolute atomic E-state index is 11.8. The van der Waals surface area contributed by atoms with E-state index in [1.165, 1.54) is 4.68 Å². The summed E-state index contributed by atoms with van der Waals surface area (Å²) < 4.78 is 2.89. The Labute approximate surface area is 99.0 Å². The molecule has 0 saturated carbocycles. The summed E-state index contributed by atoms with van der Waals surface area (Å²) in [5.41, 5.74) is 1.58. The Morgan fingerprint density at radius 3 is 2.47 bits per heavy atom. The van der Waals surface area contributed by atoms with E-state index in [2.05, 4.69) is 17.0 Å². The monoisotopic (exact) mass is 230 g/mol. The number of rotatable bonds is 3. The molecule has 0 aliphatic heterocycles. The van der Waals surface area contributed by atoms with Gasteiger partial charge in [-0.25, -0.2) is 14.0 Å². The van der Waals surface area contributed by atoms with Gasteiger partial charge in [-0.2, -0.15) is 5.10 Å². The summed E-state index contributed by atoms with van der Waals surface area (Å²) in [6.45, 7) is 5.39. The molecule has 2 aromatic rings. The first-order chi connectivity index (χ1) is 8.13. The van der Waals surface area contributed by atoms with Gasteiger partial charge in [-0.3, -0.25) is 0 Å². The topological polar surface area (TPSA) is 51.9 Å². The number of benzene rings is 1. The van der Waals surface area contributed by atoms with Crippen LogP contribution >= 0.6 is 0 Å². The highest BCUT2D eigenvalue weighted by Gasteiger charge is 2.08. The van der Waals surface area contributed by atoms with E-state index in [0.717, 1.165) is 11.4 Å². The second kappa shape index (κ2) is 4.29. The first-order valence-corrected chi connectivity index (χ1v) is 5.24. The van der Waals surface area contributed by atoms with Crippen LogP contribution in [0.2, 0.25) is 0 Å². The second-order valence-corrected chi connectivity index (χ2v) is 3.68. The molecule has 5 nitrogen and oxygen atoms in total. The van der Waals surface area contributed by atoms with Crippen LogP contribution in [0.5, 0.6) is 0 Å². The summed E-state index contributed by atoms with van der Waals surface area (Å²) in [5.74, 6) is 0.668. The van der Waals surface area contributed by atoms with Gasteiger partial charge in [0.05, 0.1) is 5.69 Å². The minimum atomic E-state index is -0.146. The number of aryl methyl sites for hydroxylation is 2. The first-order valence-electron chi connectivity index (χ1n) is 5.24. The Bertz CT molecular complexity index is 592. The minimum Gasteiger partial charge on any atom is -0.362 e. The Kier molecular flexibility index (Phi) is 2.82. The molecule has 2 rings (SSSR count). The van der Waals surface area contributed by atoms with E-state index in [0.29, 0.717) is 5.82 Å². The lowest BCUT2D eigenvalue weighted by atomic mass is 10.3. The van der Waals surface area contributed by atoms with Crippen molar-refractivity contribution in [3.8, 4) is 5.69 Å². The van der Waals surface area contributed by atoms with Crippen molar-refractivity contribution in [2.24, 2.45) is 7.05 Å². The Balaban J connectivity index is 2.46. The molecule has 0 atom stereocenters. The van der Waals surface area contributed by atoms with Gasteiger partial charge in [-0.1, -0.05) is 6.58 Å². The Hall–Kier alpha value is -2.30. The molecular formula is C12H14N4O. The van der Waals surface area contributed by atoms with Gasteiger partial charge in [0.2, 0.25) is 0 Å². The third kappa shape index (κ3) is 1.99. The number of hydrogen-bond acceptors (Lipinski definition) is 3. The van der Waals surface area contributed by atoms with Crippen molar-refractivity contribution in [3.05, 3.63) is 53.4 Å².